The minimum absolute atomic E-state index is 0.0323. The molecule has 1 atom stereocenters. The van der Waals surface area contributed by atoms with E-state index in [1.54, 1.807) is 43.4 Å². The van der Waals surface area contributed by atoms with Crippen LogP contribution in [-0.4, -0.2) is 60.4 Å². The van der Waals surface area contributed by atoms with Crippen LogP contribution in [0.1, 0.15) is 23.2 Å². The van der Waals surface area contributed by atoms with Crippen molar-refractivity contribution < 1.29 is 14.3 Å². The maximum Gasteiger partial charge on any atom is 0.256 e. The predicted octanol–water partition coefficient (Wildman–Crippen LogP) is 2.45. The first-order valence-corrected chi connectivity index (χ1v) is 8.63. The van der Waals surface area contributed by atoms with Crippen molar-refractivity contribution in [2.45, 2.75) is 18.9 Å². The van der Waals surface area contributed by atoms with Gasteiger partial charge >= 0.3 is 0 Å². The molecule has 1 aromatic carbocycles. The van der Waals surface area contributed by atoms with E-state index >= 15 is 0 Å². The summed E-state index contributed by atoms with van der Waals surface area (Å²) in [6, 6.07) is 9.04. The number of hydrogen-bond acceptors (Lipinski definition) is 4. The molecule has 136 valence electrons. The fourth-order valence-corrected chi connectivity index (χ4v) is 3.23. The molecule has 0 radical (unpaired) electrons. The van der Waals surface area contributed by atoms with E-state index in [2.05, 4.69) is 4.98 Å². The zero-order valence-corrected chi connectivity index (χ0v) is 15.3. The number of ether oxygens (including phenoxy) is 1. The Balaban J connectivity index is 1.85. The number of hydrogen-bond donors (Lipinski definition) is 0. The molecule has 2 aromatic rings. The Morgan fingerprint density at radius 1 is 1.15 bits per heavy atom. The molecule has 0 spiro atoms. The average Bonchev–Trinajstić information content (AvgIpc) is 3.16. The van der Waals surface area contributed by atoms with Crippen LogP contribution in [0.4, 0.5) is 0 Å². The Morgan fingerprint density at radius 3 is 2.54 bits per heavy atom. The van der Waals surface area contributed by atoms with E-state index in [1.807, 2.05) is 30.3 Å². The summed E-state index contributed by atoms with van der Waals surface area (Å²) < 4.78 is 5.18. The van der Waals surface area contributed by atoms with Gasteiger partial charge in [0.2, 0.25) is 5.91 Å². The second-order valence-corrected chi connectivity index (χ2v) is 6.58. The van der Waals surface area contributed by atoms with Gasteiger partial charge in [0.15, 0.2) is 0 Å². The largest absolute Gasteiger partial charge is 0.497 e. The number of nitrogens with zero attached hydrogens (tertiary/aromatic N) is 3. The fourth-order valence-electron chi connectivity index (χ4n) is 3.23. The highest BCUT2D eigenvalue weighted by Gasteiger charge is 2.35. The lowest BCUT2D eigenvalue weighted by atomic mass is 10.1. The van der Waals surface area contributed by atoms with Crippen molar-refractivity contribution in [1.29, 1.82) is 0 Å². The van der Waals surface area contributed by atoms with Gasteiger partial charge in [-0.2, -0.15) is 0 Å². The van der Waals surface area contributed by atoms with Crippen LogP contribution in [0.25, 0.3) is 11.1 Å². The highest BCUT2D eigenvalue weighted by molar-refractivity contribution is 5.98. The van der Waals surface area contributed by atoms with Crippen molar-refractivity contribution >= 4 is 11.8 Å². The Bertz CT molecular complexity index is 802. The van der Waals surface area contributed by atoms with Crippen molar-refractivity contribution in [2.24, 2.45) is 0 Å². The second kappa shape index (κ2) is 7.56. The first-order valence-electron chi connectivity index (χ1n) is 8.63. The standard InChI is InChI=1S/C20H23N3O3/c1-22(2)20(25)18-5-4-10-23(18)19(24)16-11-15(12-21-13-16)14-6-8-17(26-3)9-7-14/h6-9,11-13,18H,4-5,10H2,1-3H3/t18-/m0/s1. The summed E-state index contributed by atoms with van der Waals surface area (Å²) in [6.45, 7) is 0.593. The van der Waals surface area contributed by atoms with Gasteiger partial charge in [-0.1, -0.05) is 12.1 Å². The number of likely N-dealkylation sites (tertiary alicyclic amines) is 1. The third-order valence-electron chi connectivity index (χ3n) is 4.65. The summed E-state index contributed by atoms with van der Waals surface area (Å²) in [5, 5.41) is 0. The normalized spacial score (nSPS) is 16.4. The molecule has 1 saturated heterocycles. The van der Waals surface area contributed by atoms with E-state index in [9.17, 15) is 9.59 Å². The number of likely N-dealkylation sites (N-methyl/N-ethyl adjacent to an activating group) is 1. The maximum atomic E-state index is 13.0. The molecule has 0 saturated carbocycles. The van der Waals surface area contributed by atoms with Crippen LogP contribution in [0, 0.1) is 0 Å². The van der Waals surface area contributed by atoms with Crippen molar-refractivity contribution in [3.05, 3.63) is 48.3 Å². The van der Waals surface area contributed by atoms with Crippen LogP contribution >= 0.6 is 0 Å². The van der Waals surface area contributed by atoms with Gasteiger partial charge in [0, 0.05) is 38.6 Å². The number of benzene rings is 1. The molecule has 2 heterocycles. The minimum atomic E-state index is -0.387. The summed E-state index contributed by atoms with van der Waals surface area (Å²) in [5.41, 5.74) is 2.31. The number of pyridine rings is 1. The Morgan fingerprint density at radius 2 is 1.88 bits per heavy atom. The molecule has 1 aliphatic heterocycles. The van der Waals surface area contributed by atoms with Crippen LogP contribution in [0.3, 0.4) is 0 Å². The minimum Gasteiger partial charge on any atom is -0.497 e. The quantitative estimate of drug-likeness (QED) is 0.847. The zero-order valence-electron chi connectivity index (χ0n) is 15.3. The topological polar surface area (TPSA) is 62.7 Å². The van der Waals surface area contributed by atoms with E-state index in [0.29, 0.717) is 18.5 Å². The monoisotopic (exact) mass is 353 g/mol. The molecule has 0 bridgehead atoms. The van der Waals surface area contributed by atoms with Gasteiger partial charge in [0.1, 0.15) is 11.8 Å². The van der Waals surface area contributed by atoms with Crippen molar-refractivity contribution in [3.63, 3.8) is 0 Å². The zero-order chi connectivity index (χ0) is 18.7. The number of carbonyl (C=O) groups excluding carboxylic acids is 2. The Kier molecular flexibility index (Phi) is 5.21. The van der Waals surface area contributed by atoms with E-state index < -0.39 is 0 Å². The van der Waals surface area contributed by atoms with Crippen LogP contribution in [0.15, 0.2) is 42.7 Å². The van der Waals surface area contributed by atoms with Crippen LogP contribution in [-0.2, 0) is 4.79 Å². The summed E-state index contributed by atoms with van der Waals surface area (Å²) >= 11 is 0. The third kappa shape index (κ3) is 3.54. The lowest BCUT2D eigenvalue weighted by molar-refractivity contribution is -0.132. The molecule has 6 heteroatoms. The number of carbonyl (C=O) groups is 2. The van der Waals surface area contributed by atoms with Gasteiger partial charge in [0.05, 0.1) is 12.7 Å². The molecule has 0 aliphatic carbocycles. The Labute approximate surface area is 153 Å². The van der Waals surface area contributed by atoms with Gasteiger partial charge in [-0.3, -0.25) is 14.6 Å². The molecule has 3 rings (SSSR count). The summed E-state index contributed by atoms with van der Waals surface area (Å²) in [4.78, 5) is 32.7. The molecular formula is C20H23N3O3. The van der Waals surface area contributed by atoms with Gasteiger partial charge in [-0.05, 0) is 36.6 Å². The third-order valence-corrected chi connectivity index (χ3v) is 4.65. The highest BCUT2D eigenvalue weighted by atomic mass is 16.5. The van der Waals surface area contributed by atoms with Gasteiger partial charge < -0.3 is 14.5 Å². The maximum absolute atomic E-state index is 13.0. The molecule has 2 amide bonds. The van der Waals surface area contributed by atoms with Gasteiger partial charge in [0.25, 0.3) is 5.91 Å². The molecule has 0 unspecified atom stereocenters. The van der Waals surface area contributed by atoms with E-state index in [0.717, 1.165) is 23.3 Å². The van der Waals surface area contributed by atoms with E-state index in [-0.39, 0.29) is 17.9 Å². The molecule has 6 nitrogen and oxygen atoms in total. The van der Waals surface area contributed by atoms with Crippen LogP contribution in [0.5, 0.6) is 5.75 Å². The van der Waals surface area contributed by atoms with E-state index in [4.69, 9.17) is 4.74 Å². The van der Waals surface area contributed by atoms with Crippen molar-refractivity contribution in [1.82, 2.24) is 14.8 Å². The van der Waals surface area contributed by atoms with E-state index in [1.165, 1.54) is 0 Å². The Hall–Kier alpha value is -2.89. The lowest BCUT2D eigenvalue weighted by Crippen LogP contribution is -2.45. The molecule has 1 aliphatic rings. The molecular weight excluding hydrogens is 330 g/mol. The molecule has 26 heavy (non-hydrogen) atoms. The summed E-state index contributed by atoms with van der Waals surface area (Å²) in [5.74, 6) is 0.594. The van der Waals surface area contributed by atoms with Crippen LogP contribution in [0.2, 0.25) is 0 Å². The summed E-state index contributed by atoms with van der Waals surface area (Å²) in [6.07, 6.45) is 4.83. The van der Waals surface area contributed by atoms with Gasteiger partial charge in [-0.25, -0.2) is 0 Å². The number of rotatable bonds is 4. The highest BCUT2D eigenvalue weighted by Crippen LogP contribution is 2.25. The van der Waals surface area contributed by atoms with Crippen molar-refractivity contribution in [3.8, 4) is 16.9 Å². The smallest absolute Gasteiger partial charge is 0.256 e. The number of amides is 2. The molecule has 0 N–H and O–H groups in total. The first kappa shape index (κ1) is 17.9. The van der Waals surface area contributed by atoms with Crippen LogP contribution < -0.4 is 4.74 Å². The fraction of sp³-hybridized carbons (Fsp3) is 0.350. The SMILES string of the molecule is COc1ccc(-c2cncc(C(=O)N3CCC[C@H]3C(=O)N(C)C)c2)cc1. The number of methoxy groups -OCH3 is 1. The first-order chi connectivity index (χ1) is 12.5. The predicted molar refractivity (Wildman–Crippen MR) is 99.0 cm³/mol. The second-order valence-electron chi connectivity index (χ2n) is 6.58. The average molecular weight is 353 g/mol. The number of aromatic nitrogens is 1. The van der Waals surface area contributed by atoms with Crippen molar-refractivity contribution in [2.75, 3.05) is 27.7 Å². The summed E-state index contributed by atoms with van der Waals surface area (Å²) in [7, 11) is 5.06. The van der Waals surface area contributed by atoms with Gasteiger partial charge in [-0.15, -0.1) is 0 Å². The molecule has 1 aromatic heterocycles. The molecule has 1 fully saturated rings. The lowest BCUT2D eigenvalue weighted by Gasteiger charge is -2.26.